The van der Waals surface area contributed by atoms with Crippen LogP contribution in [0.3, 0.4) is 0 Å². The molecule has 1 aromatic heterocycles. The summed E-state index contributed by atoms with van der Waals surface area (Å²) in [7, 11) is 0. The SMILES string of the molecule is CCC(NC(=O)c1c(NC(=O)C(C)C)sc2c1CCC2)C(=O)O. The van der Waals surface area contributed by atoms with Gasteiger partial charge in [0.05, 0.1) is 5.56 Å². The Bertz CT molecular complexity index is 636. The van der Waals surface area contributed by atoms with Gasteiger partial charge in [-0.3, -0.25) is 9.59 Å². The van der Waals surface area contributed by atoms with Crippen LogP contribution in [0.25, 0.3) is 0 Å². The Balaban J connectivity index is 2.30. The van der Waals surface area contributed by atoms with Crippen molar-refractivity contribution in [3.8, 4) is 0 Å². The third-order valence-corrected chi connectivity index (χ3v) is 5.13. The van der Waals surface area contributed by atoms with Crippen molar-refractivity contribution in [2.75, 3.05) is 5.32 Å². The van der Waals surface area contributed by atoms with Gasteiger partial charge in [-0.15, -0.1) is 11.3 Å². The molecule has 0 radical (unpaired) electrons. The molecule has 0 fully saturated rings. The lowest BCUT2D eigenvalue weighted by Crippen LogP contribution is -2.40. The van der Waals surface area contributed by atoms with Crippen LogP contribution < -0.4 is 10.6 Å². The van der Waals surface area contributed by atoms with Gasteiger partial charge in [-0.05, 0) is 31.2 Å². The number of anilines is 1. The highest BCUT2D eigenvalue weighted by molar-refractivity contribution is 7.17. The zero-order valence-corrected chi connectivity index (χ0v) is 14.4. The van der Waals surface area contributed by atoms with Crippen molar-refractivity contribution < 1.29 is 19.5 Å². The maximum absolute atomic E-state index is 12.6. The normalized spacial score (nSPS) is 14.4. The third kappa shape index (κ3) is 3.72. The zero-order valence-electron chi connectivity index (χ0n) is 13.6. The Morgan fingerprint density at radius 2 is 1.96 bits per heavy atom. The summed E-state index contributed by atoms with van der Waals surface area (Å²) < 4.78 is 0. The number of nitrogens with one attached hydrogen (secondary N) is 2. The Morgan fingerprint density at radius 3 is 2.52 bits per heavy atom. The molecule has 1 aliphatic carbocycles. The number of hydrogen-bond donors (Lipinski definition) is 3. The van der Waals surface area contributed by atoms with E-state index >= 15 is 0 Å². The van der Waals surface area contributed by atoms with E-state index in [0.717, 1.165) is 29.7 Å². The number of rotatable bonds is 6. The number of carboxylic acids is 1. The second-order valence-corrected chi connectivity index (χ2v) is 7.08. The minimum atomic E-state index is -1.06. The molecular weight excluding hydrogens is 316 g/mol. The molecule has 7 heteroatoms. The van der Waals surface area contributed by atoms with Crippen molar-refractivity contribution in [2.24, 2.45) is 5.92 Å². The summed E-state index contributed by atoms with van der Waals surface area (Å²) in [6.07, 6.45) is 2.97. The Kier molecular flexibility index (Phi) is 5.41. The highest BCUT2D eigenvalue weighted by Crippen LogP contribution is 2.39. The van der Waals surface area contributed by atoms with Gasteiger partial charge in [-0.2, -0.15) is 0 Å². The molecule has 1 heterocycles. The van der Waals surface area contributed by atoms with Crippen molar-refractivity contribution >= 4 is 34.1 Å². The van der Waals surface area contributed by atoms with Crippen LogP contribution in [-0.4, -0.2) is 28.9 Å². The molecule has 1 aliphatic rings. The van der Waals surface area contributed by atoms with Crippen LogP contribution in [0, 0.1) is 5.92 Å². The van der Waals surface area contributed by atoms with Crippen LogP contribution in [0.5, 0.6) is 0 Å². The zero-order chi connectivity index (χ0) is 17.1. The van der Waals surface area contributed by atoms with Crippen molar-refractivity contribution in [1.82, 2.24) is 5.32 Å². The molecule has 3 N–H and O–H groups in total. The number of aryl methyl sites for hydroxylation is 1. The first-order valence-electron chi connectivity index (χ1n) is 7.84. The minimum absolute atomic E-state index is 0.149. The Hall–Kier alpha value is -1.89. The molecule has 2 rings (SSSR count). The van der Waals surface area contributed by atoms with Gasteiger partial charge in [0.1, 0.15) is 11.0 Å². The summed E-state index contributed by atoms with van der Waals surface area (Å²) in [6, 6.07) is -0.923. The van der Waals surface area contributed by atoms with E-state index in [2.05, 4.69) is 10.6 Å². The van der Waals surface area contributed by atoms with Crippen molar-refractivity contribution in [2.45, 2.75) is 52.5 Å². The molecule has 0 aromatic carbocycles. The van der Waals surface area contributed by atoms with E-state index in [1.807, 2.05) is 0 Å². The quantitative estimate of drug-likeness (QED) is 0.742. The highest BCUT2D eigenvalue weighted by atomic mass is 32.1. The molecule has 1 unspecified atom stereocenters. The highest BCUT2D eigenvalue weighted by Gasteiger charge is 2.29. The molecule has 1 atom stereocenters. The number of carbonyl (C=O) groups excluding carboxylic acids is 2. The number of fused-ring (bicyclic) bond motifs is 1. The standard InChI is InChI=1S/C16H22N2O4S/c1-4-10(16(21)22)17-14(20)12-9-6-5-7-11(9)23-15(12)18-13(19)8(2)3/h8,10H,4-7H2,1-3H3,(H,17,20)(H,18,19)(H,21,22). The maximum Gasteiger partial charge on any atom is 0.326 e. The summed E-state index contributed by atoms with van der Waals surface area (Å²) >= 11 is 1.43. The first-order chi connectivity index (χ1) is 10.8. The van der Waals surface area contributed by atoms with Crippen LogP contribution in [0.15, 0.2) is 0 Å². The van der Waals surface area contributed by atoms with E-state index in [9.17, 15) is 14.4 Å². The van der Waals surface area contributed by atoms with E-state index in [0.29, 0.717) is 17.0 Å². The third-order valence-electron chi connectivity index (χ3n) is 3.92. The number of aliphatic carboxylic acids is 1. The second-order valence-electron chi connectivity index (χ2n) is 5.98. The average Bonchev–Trinajstić information content (AvgIpc) is 3.04. The van der Waals surface area contributed by atoms with Gasteiger partial charge in [0.15, 0.2) is 0 Å². The number of carboxylic acid groups (broad SMARTS) is 1. The van der Waals surface area contributed by atoms with E-state index < -0.39 is 17.9 Å². The predicted octanol–water partition coefficient (Wildman–Crippen LogP) is 2.42. The maximum atomic E-state index is 12.6. The van der Waals surface area contributed by atoms with Gasteiger partial charge in [0.2, 0.25) is 5.91 Å². The number of thiophene rings is 1. The molecule has 0 saturated carbocycles. The largest absolute Gasteiger partial charge is 0.480 e. The van der Waals surface area contributed by atoms with Crippen LogP contribution in [0.4, 0.5) is 5.00 Å². The lowest BCUT2D eigenvalue weighted by Gasteiger charge is -2.14. The van der Waals surface area contributed by atoms with Gasteiger partial charge in [-0.25, -0.2) is 4.79 Å². The Labute approximate surface area is 139 Å². The van der Waals surface area contributed by atoms with Crippen LogP contribution >= 0.6 is 11.3 Å². The summed E-state index contributed by atoms with van der Waals surface area (Å²) in [4.78, 5) is 36.8. The molecule has 0 spiro atoms. The molecule has 126 valence electrons. The number of hydrogen-bond acceptors (Lipinski definition) is 4. The van der Waals surface area contributed by atoms with Crippen molar-refractivity contribution in [3.05, 3.63) is 16.0 Å². The number of amides is 2. The van der Waals surface area contributed by atoms with Gasteiger partial charge in [0.25, 0.3) is 5.91 Å². The van der Waals surface area contributed by atoms with Crippen LogP contribution in [-0.2, 0) is 22.4 Å². The van der Waals surface area contributed by atoms with Crippen LogP contribution in [0.1, 0.15) is 54.4 Å². The van der Waals surface area contributed by atoms with Crippen molar-refractivity contribution in [3.63, 3.8) is 0 Å². The summed E-state index contributed by atoms with van der Waals surface area (Å²) in [5.74, 6) is -1.81. The molecule has 6 nitrogen and oxygen atoms in total. The van der Waals surface area contributed by atoms with E-state index in [1.165, 1.54) is 11.3 Å². The minimum Gasteiger partial charge on any atom is -0.480 e. The fourth-order valence-electron chi connectivity index (χ4n) is 2.56. The second kappa shape index (κ2) is 7.12. The monoisotopic (exact) mass is 338 g/mol. The van der Waals surface area contributed by atoms with Gasteiger partial charge >= 0.3 is 5.97 Å². The molecule has 0 aliphatic heterocycles. The molecule has 1 aromatic rings. The van der Waals surface area contributed by atoms with Gasteiger partial charge < -0.3 is 15.7 Å². The Morgan fingerprint density at radius 1 is 1.26 bits per heavy atom. The van der Waals surface area contributed by atoms with E-state index in [4.69, 9.17) is 5.11 Å². The molecule has 2 amide bonds. The smallest absolute Gasteiger partial charge is 0.326 e. The summed E-state index contributed by atoms with van der Waals surface area (Å²) in [5.41, 5.74) is 1.39. The average molecular weight is 338 g/mol. The summed E-state index contributed by atoms with van der Waals surface area (Å²) in [6.45, 7) is 5.28. The molecular formula is C16H22N2O4S. The summed E-state index contributed by atoms with van der Waals surface area (Å²) in [5, 5.41) is 15.0. The predicted molar refractivity (Wildman–Crippen MR) is 89.0 cm³/mol. The topological polar surface area (TPSA) is 95.5 Å². The van der Waals surface area contributed by atoms with Gasteiger partial charge in [-0.1, -0.05) is 20.8 Å². The lowest BCUT2D eigenvalue weighted by molar-refractivity contribution is -0.139. The van der Waals surface area contributed by atoms with Crippen LogP contribution in [0.2, 0.25) is 0 Å². The van der Waals surface area contributed by atoms with Gasteiger partial charge in [0, 0.05) is 10.8 Å². The first-order valence-corrected chi connectivity index (χ1v) is 8.65. The molecule has 0 saturated heterocycles. The fraction of sp³-hybridized carbons (Fsp3) is 0.562. The van der Waals surface area contributed by atoms with E-state index in [1.54, 1.807) is 20.8 Å². The molecule has 23 heavy (non-hydrogen) atoms. The first kappa shape index (κ1) is 17.5. The number of carbonyl (C=O) groups is 3. The lowest BCUT2D eigenvalue weighted by atomic mass is 10.1. The fourth-order valence-corrected chi connectivity index (χ4v) is 3.85. The van der Waals surface area contributed by atoms with Crippen molar-refractivity contribution in [1.29, 1.82) is 0 Å². The molecule has 0 bridgehead atoms. The van der Waals surface area contributed by atoms with E-state index in [-0.39, 0.29) is 11.8 Å².